The molecule has 2 rings (SSSR count). The van der Waals surface area contributed by atoms with Gasteiger partial charge in [0, 0.05) is 18.0 Å². The van der Waals surface area contributed by atoms with Gasteiger partial charge in [0.2, 0.25) is 11.7 Å². The van der Waals surface area contributed by atoms with Crippen molar-refractivity contribution in [1.29, 1.82) is 0 Å². The Morgan fingerprint density at radius 2 is 2.05 bits per heavy atom. The van der Waals surface area contributed by atoms with Gasteiger partial charge in [0.25, 0.3) is 0 Å². The number of hydrogen-bond acceptors (Lipinski definition) is 6. The smallest absolute Gasteiger partial charge is 0.318 e. The third-order valence-corrected chi connectivity index (χ3v) is 2.85. The highest BCUT2D eigenvalue weighted by atomic mass is 16.5. The number of nitrogens with zero attached hydrogens (tertiary/aromatic N) is 3. The maximum absolute atomic E-state index is 12.0. The summed E-state index contributed by atoms with van der Waals surface area (Å²) in [6, 6.07) is 3.56. The highest BCUT2D eigenvalue weighted by Gasteiger charge is 2.31. The largest absolute Gasteiger partial charge is 0.465 e. The molecule has 2 aromatic heterocycles. The first-order chi connectivity index (χ1) is 9.63. The molecular formula is C14H17N3O3. The second-order valence-electron chi connectivity index (χ2n) is 4.67. The van der Waals surface area contributed by atoms with Gasteiger partial charge in [-0.15, -0.1) is 0 Å². The van der Waals surface area contributed by atoms with Gasteiger partial charge in [-0.05, 0) is 25.0 Å². The Labute approximate surface area is 117 Å². The average molecular weight is 275 g/mol. The van der Waals surface area contributed by atoms with Crippen LogP contribution in [0.1, 0.15) is 32.6 Å². The molecule has 0 aliphatic heterocycles. The predicted molar refractivity (Wildman–Crippen MR) is 71.7 cm³/mol. The minimum Gasteiger partial charge on any atom is -0.465 e. The molecule has 2 heterocycles. The molecule has 106 valence electrons. The molecule has 0 aliphatic rings. The lowest BCUT2D eigenvalue weighted by atomic mass is 9.96. The maximum atomic E-state index is 12.0. The van der Waals surface area contributed by atoms with Gasteiger partial charge in [-0.1, -0.05) is 19.0 Å². The molecule has 0 saturated heterocycles. The lowest BCUT2D eigenvalue weighted by molar-refractivity contribution is -0.146. The van der Waals surface area contributed by atoms with Crippen LogP contribution >= 0.6 is 0 Å². The van der Waals surface area contributed by atoms with Gasteiger partial charge < -0.3 is 9.26 Å². The quantitative estimate of drug-likeness (QED) is 0.780. The lowest BCUT2D eigenvalue weighted by Crippen LogP contribution is -2.21. The van der Waals surface area contributed by atoms with Gasteiger partial charge in [0.15, 0.2) is 0 Å². The maximum Gasteiger partial charge on any atom is 0.318 e. The van der Waals surface area contributed by atoms with Gasteiger partial charge in [-0.25, -0.2) is 0 Å². The molecule has 6 heteroatoms. The Morgan fingerprint density at radius 1 is 1.35 bits per heavy atom. The van der Waals surface area contributed by atoms with Gasteiger partial charge in [0.05, 0.1) is 6.61 Å². The summed E-state index contributed by atoms with van der Waals surface area (Å²) < 4.78 is 10.3. The molecule has 1 atom stereocenters. The molecule has 0 fully saturated rings. The van der Waals surface area contributed by atoms with Crippen LogP contribution in [0.3, 0.4) is 0 Å². The summed E-state index contributed by atoms with van der Waals surface area (Å²) in [7, 11) is 0. The van der Waals surface area contributed by atoms with E-state index in [0.29, 0.717) is 12.4 Å². The highest BCUT2D eigenvalue weighted by Crippen LogP contribution is 2.26. The fraction of sp³-hybridized carbons (Fsp3) is 0.429. The number of hydrogen-bond donors (Lipinski definition) is 0. The van der Waals surface area contributed by atoms with Crippen LogP contribution < -0.4 is 0 Å². The summed E-state index contributed by atoms with van der Waals surface area (Å²) in [4.78, 5) is 20.2. The second kappa shape index (κ2) is 6.27. The van der Waals surface area contributed by atoms with E-state index >= 15 is 0 Å². The van der Waals surface area contributed by atoms with Crippen molar-refractivity contribution in [2.45, 2.75) is 26.7 Å². The molecular weight excluding hydrogens is 258 g/mol. The van der Waals surface area contributed by atoms with Crippen LogP contribution in [0.4, 0.5) is 0 Å². The minimum atomic E-state index is -0.543. The molecule has 0 aromatic carbocycles. The van der Waals surface area contributed by atoms with Gasteiger partial charge in [0.1, 0.15) is 5.92 Å². The number of esters is 1. The van der Waals surface area contributed by atoms with Crippen molar-refractivity contribution < 1.29 is 14.1 Å². The lowest BCUT2D eigenvalue weighted by Gasteiger charge is -2.14. The second-order valence-corrected chi connectivity index (χ2v) is 4.67. The zero-order valence-electron chi connectivity index (χ0n) is 11.7. The molecule has 0 bridgehead atoms. The van der Waals surface area contributed by atoms with Crippen LogP contribution in [0.15, 0.2) is 29.0 Å². The standard InChI is InChI=1S/C14H17N3O3/c1-4-19-14(18)11(9(2)3)13-16-12(17-20-13)10-5-7-15-8-6-10/h5-9,11H,4H2,1-3H3. The molecule has 0 radical (unpaired) electrons. The van der Waals surface area contributed by atoms with Crippen molar-refractivity contribution in [3.8, 4) is 11.4 Å². The zero-order valence-corrected chi connectivity index (χ0v) is 11.7. The van der Waals surface area contributed by atoms with E-state index in [4.69, 9.17) is 9.26 Å². The Morgan fingerprint density at radius 3 is 2.65 bits per heavy atom. The number of pyridine rings is 1. The molecule has 0 saturated carbocycles. The fourth-order valence-corrected chi connectivity index (χ4v) is 1.87. The normalized spacial score (nSPS) is 12.4. The van der Waals surface area contributed by atoms with Gasteiger partial charge in [-0.2, -0.15) is 4.98 Å². The minimum absolute atomic E-state index is 0.0137. The molecule has 0 aliphatic carbocycles. The first-order valence-corrected chi connectivity index (χ1v) is 6.54. The molecule has 0 amide bonds. The number of aromatic nitrogens is 3. The summed E-state index contributed by atoms with van der Waals surface area (Å²) in [6.45, 7) is 5.93. The average Bonchev–Trinajstić information content (AvgIpc) is 2.89. The van der Waals surface area contributed by atoms with Crippen molar-refractivity contribution in [2.75, 3.05) is 6.61 Å². The molecule has 0 N–H and O–H groups in total. The van der Waals surface area contributed by atoms with Crippen molar-refractivity contribution in [3.63, 3.8) is 0 Å². The fourth-order valence-electron chi connectivity index (χ4n) is 1.87. The van der Waals surface area contributed by atoms with Crippen LogP contribution in [-0.2, 0) is 9.53 Å². The number of ether oxygens (including phenoxy) is 1. The zero-order chi connectivity index (χ0) is 14.5. The van der Waals surface area contributed by atoms with Crippen LogP contribution in [0.5, 0.6) is 0 Å². The Kier molecular flexibility index (Phi) is 4.45. The van der Waals surface area contributed by atoms with E-state index in [9.17, 15) is 4.79 Å². The van der Waals surface area contributed by atoms with E-state index in [1.807, 2.05) is 13.8 Å². The Hall–Kier alpha value is -2.24. The molecule has 0 spiro atoms. The molecule has 1 unspecified atom stereocenters. The Bertz CT molecular complexity index is 566. The van der Waals surface area contributed by atoms with Crippen molar-refractivity contribution in [3.05, 3.63) is 30.4 Å². The van der Waals surface area contributed by atoms with E-state index in [-0.39, 0.29) is 17.8 Å². The first kappa shape index (κ1) is 14.2. The van der Waals surface area contributed by atoms with Crippen LogP contribution in [0.25, 0.3) is 11.4 Å². The van der Waals surface area contributed by atoms with E-state index in [2.05, 4.69) is 15.1 Å². The third kappa shape index (κ3) is 3.01. The first-order valence-electron chi connectivity index (χ1n) is 6.54. The summed E-state index contributed by atoms with van der Waals surface area (Å²) in [6.07, 6.45) is 3.30. The van der Waals surface area contributed by atoms with Crippen LogP contribution in [-0.4, -0.2) is 27.7 Å². The van der Waals surface area contributed by atoms with Crippen molar-refractivity contribution >= 4 is 5.97 Å². The topological polar surface area (TPSA) is 78.1 Å². The monoisotopic (exact) mass is 275 g/mol. The van der Waals surface area contributed by atoms with Crippen molar-refractivity contribution in [1.82, 2.24) is 15.1 Å². The van der Waals surface area contributed by atoms with Crippen LogP contribution in [0, 0.1) is 5.92 Å². The Balaban J connectivity index is 2.28. The van der Waals surface area contributed by atoms with E-state index in [1.165, 1.54) is 0 Å². The van der Waals surface area contributed by atoms with E-state index in [1.54, 1.807) is 31.5 Å². The molecule has 2 aromatic rings. The van der Waals surface area contributed by atoms with Gasteiger partial charge >= 0.3 is 5.97 Å². The van der Waals surface area contributed by atoms with E-state index < -0.39 is 5.92 Å². The molecule has 20 heavy (non-hydrogen) atoms. The SMILES string of the molecule is CCOC(=O)C(c1nc(-c2ccncc2)no1)C(C)C. The van der Waals surface area contributed by atoms with E-state index in [0.717, 1.165) is 5.56 Å². The summed E-state index contributed by atoms with van der Waals surface area (Å²) >= 11 is 0. The number of carbonyl (C=O) groups excluding carboxylic acids is 1. The summed E-state index contributed by atoms with van der Waals surface area (Å²) in [5, 5.41) is 3.91. The molecule has 6 nitrogen and oxygen atoms in total. The number of carbonyl (C=O) groups is 1. The summed E-state index contributed by atoms with van der Waals surface area (Å²) in [5.74, 6) is -0.145. The highest BCUT2D eigenvalue weighted by molar-refractivity contribution is 5.77. The predicted octanol–water partition coefficient (Wildman–Crippen LogP) is 2.43. The third-order valence-electron chi connectivity index (χ3n) is 2.85. The number of rotatable bonds is 5. The van der Waals surface area contributed by atoms with Crippen LogP contribution in [0.2, 0.25) is 0 Å². The van der Waals surface area contributed by atoms with Crippen molar-refractivity contribution in [2.24, 2.45) is 5.92 Å². The van der Waals surface area contributed by atoms with Gasteiger partial charge in [-0.3, -0.25) is 9.78 Å². The summed E-state index contributed by atoms with van der Waals surface area (Å²) in [5.41, 5.74) is 0.793.